The summed E-state index contributed by atoms with van der Waals surface area (Å²) in [5, 5.41) is 3.69. The maximum atomic E-state index is 9.87. The molecule has 0 spiro atoms. The van der Waals surface area contributed by atoms with Crippen LogP contribution >= 0.6 is 11.3 Å². The SMILES string of the molecule is Cc1ccc(-c2nc3ccc(C)cn3c2C)cc1.O=Cc1ccsc1. The molecule has 3 nitrogen and oxygen atoms in total. The summed E-state index contributed by atoms with van der Waals surface area (Å²) >= 11 is 1.53. The first-order valence-corrected chi connectivity index (χ1v) is 9.02. The molecule has 0 unspecified atom stereocenters. The molecule has 0 aliphatic carbocycles. The number of imidazole rings is 1. The molecule has 0 amide bonds. The fraction of sp³-hybridized carbons (Fsp3) is 0.143. The van der Waals surface area contributed by atoms with Gasteiger partial charge in [0.05, 0.1) is 5.69 Å². The summed E-state index contributed by atoms with van der Waals surface area (Å²) in [5.74, 6) is 0. The Kier molecular flexibility index (Phi) is 5.10. The van der Waals surface area contributed by atoms with Crippen LogP contribution in [0, 0.1) is 20.8 Å². The predicted molar refractivity (Wildman–Crippen MR) is 105 cm³/mol. The van der Waals surface area contributed by atoms with Crippen LogP contribution in [0.3, 0.4) is 0 Å². The molecule has 25 heavy (non-hydrogen) atoms. The summed E-state index contributed by atoms with van der Waals surface area (Å²) in [5.41, 5.74) is 7.74. The van der Waals surface area contributed by atoms with Crippen molar-refractivity contribution >= 4 is 23.3 Å². The highest BCUT2D eigenvalue weighted by atomic mass is 32.1. The molecule has 0 radical (unpaired) electrons. The summed E-state index contributed by atoms with van der Waals surface area (Å²) in [6.07, 6.45) is 2.98. The quantitative estimate of drug-likeness (QED) is 0.449. The monoisotopic (exact) mass is 348 g/mol. The van der Waals surface area contributed by atoms with Crippen molar-refractivity contribution in [3.05, 3.63) is 81.8 Å². The lowest BCUT2D eigenvalue weighted by Crippen LogP contribution is -1.88. The maximum Gasteiger partial charge on any atom is 0.150 e. The molecule has 0 aliphatic heterocycles. The molecule has 1 aromatic carbocycles. The first-order valence-electron chi connectivity index (χ1n) is 8.08. The number of aldehydes is 1. The van der Waals surface area contributed by atoms with Crippen LogP contribution < -0.4 is 0 Å². The smallest absolute Gasteiger partial charge is 0.150 e. The van der Waals surface area contributed by atoms with Crippen molar-refractivity contribution in [2.75, 3.05) is 0 Å². The van der Waals surface area contributed by atoms with E-state index < -0.39 is 0 Å². The van der Waals surface area contributed by atoms with Crippen LogP contribution in [0.5, 0.6) is 0 Å². The van der Waals surface area contributed by atoms with Crippen molar-refractivity contribution < 1.29 is 4.79 Å². The van der Waals surface area contributed by atoms with Gasteiger partial charge in [-0.1, -0.05) is 35.9 Å². The molecule has 0 saturated carbocycles. The first kappa shape index (κ1) is 17.1. The van der Waals surface area contributed by atoms with Gasteiger partial charge in [0.1, 0.15) is 5.65 Å². The van der Waals surface area contributed by atoms with E-state index in [0.717, 1.165) is 23.2 Å². The van der Waals surface area contributed by atoms with Crippen LogP contribution in [0.1, 0.15) is 27.2 Å². The molecule has 4 rings (SSSR count). The van der Waals surface area contributed by atoms with Crippen molar-refractivity contribution in [3.8, 4) is 11.3 Å². The molecule has 0 atom stereocenters. The average Bonchev–Trinajstić information content (AvgIpc) is 3.25. The van der Waals surface area contributed by atoms with Gasteiger partial charge in [-0.05, 0) is 43.8 Å². The Morgan fingerprint density at radius 3 is 2.28 bits per heavy atom. The topological polar surface area (TPSA) is 34.4 Å². The van der Waals surface area contributed by atoms with E-state index in [2.05, 4.69) is 67.8 Å². The minimum atomic E-state index is 0.769. The van der Waals surface area contributed by atoms with Crippen LogP contribution in [0.2, 0.25) is 0 Å². The second-order valence-corrected chi connectivity index (χ2v) is 6.80. The fourth-order valence-corrected chi connectivity index (χ4v) is 3.20. The number of nitrogens with zero attached hydrogens (tertiary/aromatic N) is 2. The molecule has 0 aliphatic rings. The third-order valence-electron chi connectivity index (χ3n) is 4.01. The lowest BCUT2D eigenvalue weighted by Gasteiger charge is -2.00. The number of fused-ring (bicyclic) bond motifs is 1. The zero-order chi connectivity index (χ0) is 17.8. The van der Waals surface area contributed by atoms with Crippen LogP contribution in [-0.2, 0) is 0 Å². The highest BCUT2D eigenvalue weighted by Crippen LogP contribution is 2.24. The number of thiophene rings is 1. The molecule has 0 bridgehead atoms. The van der Waals surface area contributed by atoms with Crippen LogP contribution in [0.4, 0.5) is 0 Å². The third-order valence-corrected chi connectivity index (χ3v) is 4.71. The van der Waals surface area contributed by atoms with Gasteiger partial charge in [-0.15, -0.1) is 0 Å². The normalized spacial score (nSPS) is 10.4. The van der Waals surface area contributed by atoms with Gasteiger partial charge in [0.25, 0.3) is 0 Å². The van der Waals surface area contributed by atoms with Crippen molar-refractivity contribution in [1.82, 2.24) is 9.38 Å². The van der Waals surface area contributed by atoms with E-state index >= 15 is 0 Å². The number of carbonyl (C=O) groups excluding carboxylic acids is 1. The number of rotatable bonds is 2. The van der Waals surface area contributed by atoms with Crippen molar-refractivity contribution in [1.29, 1.82) is 0 Å². The van der Waals surface area contributed by atoms with Gasteiger partial charge in [0, 0.05) is 28.4 Å². The Morgan fingerprint density at radius 1 is 0.960 bits per heavy atom. The van der Waals surface area contributed by atoms with E-state index in [-0.39, 0.29) is 0 Å². The highest BCUT2D eigenvalue weighted by Gasteiger charge is 2.09. The van der Waals surface area contributed by atoms with E-state index in [1.54, 1.807) is 6.07 Å². The number of aromatic nitrogens is 2. The molecular formula is C21H20N2OS. The predicted octanol–water partition coefficient (Wildman–Crippen LogP) is 5.49. The van der Waals surface area contributed by atoms with E-state index in [0.29, 0.717) is 0 Å². The first-order chi connectivity index (χ1) is 12.1. The number of aryl methyl sites for hydroxylation is 3. The van der Waals surface area contributed by atoms with Gasteiger partial charge in [0.2, 0.25) is 0 Å². The Bertz CT molecular complexity index is 983. The average molecular weight is 348 g/mol. The highest BCUT2D eigenvalue weighted by molar-refractivity contribution is 7.08. The molecule has 4 heteroatoms. The lowest BCUT2D eigenvalue weighted by atomic mass is 10.1. The molecule has 0 fully saturated rings. The van der Waals surface area contributed by atoms with Crippen molar-refractivity contribution in [2.45, 2.75) is 20.8 Å². The molecule has 126 valence electrons. The van der Waals surface area contributed by atoms with Gasteiger partial charge in [-0.25, -0.2) is 4.98 Å². The van der Waals surface area contributed by atoms with E-state index in [1.165, 1.54) is 33.7 Å². The zero-order valence-electron chi connectivity index (χ0n) is 14.6. The van der Waals surface area contributed by atoms with Gasteiger partial charge in [-0.3, -0.25) is 4.79 Å². The third kappa shape index (κ3) is 3.86. The van der Waals surface area contributed by atoms with Crippen LogP contribution in [-0.4, -0.2) is 15.7 Å². The molecule has 0 saturated heterocycles. The van der Waals surface area contributed by atoms with E-state index in [1.807, 2.05) is 10.8 Å². The Hall–Kier alpha value is -2.72. The summed E-state index contributed by atoms with van der Waals surface area (Å²) in [4.78, 5) is 14.6. The van der Waals surface area contributed by atoms with Gasteiger partial charge in [-0.2, -0.15) is 11.3 Å². The summed E-state index contributed by atoms with van der Waals surface area (Å²) < 4.78 is 2.16. The zero-order valence-corrected chi connectivity index (χ0v) is 15.4. The summed E-state index contributed by atoms with van der Waals surface area (Å²) in [6.45, 7) is 6.32. The van der Waals surface area contributed by atoms with Crippen LogP contribution in [0.15, 0.2) is 59.4 Å². The van der Waals surface area contributed by atoms with Gasteiger partial charge < -0.3 is 4.40 Å². The number of pyridine rings is 1. The second-order valence-electron chi connectivity index (χ2n) is 6.02. The lowest BCUT2D eigenvalue weighted by molar-refractivity contribution is 0.112. The Labute approximate surface area is 151 Å². The Morgan fingerprint density at radius 2 is 1.68 bits per heavy atom. The van der Waals surface area contributed by atoms with Gasteiger partial charge >= 0.3 is 0 Å². The van der Waals surface area contributed by atoms with Gasteiger partial charge in [0.15, 0.2) is 6.29 Å². The molecule has 4 aromatic rings. The van der Waals surface area contributed by atoms with E-state index in [9.17, 15) is 4.79 Å². The van der Waals surface area contributed by atoms with E-state index in [4.69, 9.17) is 4.98 Å². The number of hydrogen-bond donors (Lipinski definition) is 0. The summed E-state index contributed by atoms with van der Waals surface area (Å²) in [7, 11) is 0. The Balaban J connectivity index is 0.000000219. The number of benzene rings is 1. The molecule has 0 N–H and O–H groups in total. The minimum Gasteiger partial charge on any atom is -0.303 e. The number of carbonyl (C=O) groups is 1. The van der Waals surface area contributed by atoms with Crippen molar-refractivity contribution in [2.24, 2.45) is 0 Å². The minimum absolute atomic E-state index is 0.769. The molecule has 3 aromatic heterocycles. The fourth-order valence-electron chi connectivity index (χ4n) is 2.60. The maximum absolute atomic E-state index is 9.87. The molecular weight excluding hydrogens is 328 g/mol. The summed E-state index contributed by atoms with van der Waals surface area (Å²) in [6, 6.07) is 14.5. The standard InChI is InChI=1S/C16H16N2.C5H4OS/c1-11-4-7-14(8-5-11)16-13(3)18-10-12(2)6-9-15(18)17-16;6-3-5-1-2-7-4-5/h4-10H,1-3H3;1-4H. The largest absolute Gasteiger partial charge is 0.303 e. The molecule has 3 heterocycles. The number of hydrogen-bond acceptors (Lipinski definition) is 3. The van der Waals surface area contributed by atoms with Crippen LogP contribution in [0.25, 0.3) is 16.9 Å². The van der Waals surface area contributed by atoms with Crippen molar-refractivity contribution in [3.63, 3.8) is 0 Å². The second kappa shape index (κ2) is 7.45.